The van der Waals surface area contributed by atoms with Gasteiger partial charge in [-0.05, 0) is 18.2 Å². The van der Waals surface area contributed by atoms with Gasteiger partial charge in [0.1, 0.15) is 28.4 Å². The number of aliphatic imine (C=N–C) groups is 1. The van der Waals surface area contributed by atoms with E-state index in [0.717, 1.165) is 20.3 Å². The van der Waals surface area contributed by atoms with Crippen molar-refractivity contribution >= 4 is 38.4 Å². The fraction of sp³-hybridized carbons (Fsp3) is 0.333. The second-order valence-electron chi connectivity index (χ2n) is 4.57. The molecule has 0 amide bonds. The summed E-state index contributed by atoms with van der Waals surface area (Å²) < 4.78 is 5.96. The van der Waals surface area contributed by atoms with Crippen LogP contribution in [0.4, 0.5) is 0 Å². The summed E-state index contributed by atoms with van der Waals surface area (Å²) in [5, 5.41) is 21.0. The molecule has 0 radical (unpaired) electrons. The zero-order valence-corrected chi connectivity index (χ0v) is 11.4. The molecule has 0 aliphatic carbocycles. The number of nitrogens with zero attached hydrogens (tertiary/aromatic N) is 2. The number of thioether (sulfide) groups is 1. The number of aromatic nitrogens is 1. The van der Waals surface area contributed by atoms with Crippen LogP contribution in [-0.4, -0.2) is 44.4 Å². The molecule has 2 aromatic rings. The Bertz CT molecular complexity index is 693. The lowest BCUT2D eigenvalue weighted by Gasteiger charge is -2.07. The summed E-state index contributed by atoms with van der Waals surface area (Å²) in [6.45, 7) is 0.364. The minimum atomic E-state index is -1.05. The van der Waals surface area contributed by atoms with Crippen LogP contribution in [0.25, 0.3) is 10.2 Å². The maximum absolute atomic E-state index is 9.88. The van der Waals surface area contributed by atoms with Gasteiger partial charge in [0, 0.05) is 5.75 Å². The standard InChI is InChI=1S/C12H10N2O3S2/c15-6-1-2-7-8(3-6)19-11(13-7)10-14-9(4-18-10)12(16)5-17-12/h1-3,9,15-16H,4-5H2. The molecule has 0 spiro atoms. The van der Waals surface area contributed by atoms with Gasteiger partial charge in [-0.15, -0.1) is 23.1 Å². The fourth-order valence-corrected chi connectivity index (χ4v) is 4.21. The summed E-state index contributed by atoms with van der Waals surface area (Å²) in [4.78, 5) is 9.01. The molecule has 4 rings (SSSR count). The van der Waals surface area contributed by atoms with Crippen molar-refractivity contribution in [2.45, 2.75) is 11.8 Å². The van der Waals surface area contributed by atoms with Crippen LogP contribution in [-0.2, 0) is 4.74 Å². The van der Waals surface area contributed by atoms with Gasteiger partial charge in [0.25, 0.3) is 0 Å². The van der Waals surface area contributed by atoms with Crippen molar-refractivity contribution in [1.82, 2.24) is 4.98 Å². The Labute approximate surface area is 117 Å². The molecule has 2 N–H and O–H groups in total. The van der Waals surface area contributed by atoms with Crippen LogP contribution in [0.2, 0.25) is 0 Å². The highest BCUT2D eigenvalue weighted by atomic mass is 32.2. The minimum Gasteiger partial charge on any atom is -0.508 e. The van der Waals surface area contributed by atoms with Crippen LogP contribution in [0, 0.1) is 0 Å². The zero-order chi connectivity index (χ0) is 13.0. The molecule has 1 aromatic carbocycles. The quantitative estimate of drug-likeness (QED) is 0.822. The van der Waals surface area contributed by atoms with E-state index >= 15 is 0 Å². The molecule has 0 saturated carbocycles. The zero-order valence-electron chi connectivity index (χ0n) is 9.74. The number of phenolic OH excluding ortho intramolecular Hbond substituents is 1. The maximum atomic E-state index is 9.88. The second-order valence-corrected chi connectivity index (χ2v) is 6.60. The number of rotatable bonds is 2. The highest BCUT2D eigenvalue weighted by molar-refractivity contribution is 8.15. The molecule has 98 valence electrons. The first kappa shape index (κ1) is 11.7. The number of thiazole rings is 1. The van der Waals surface area contributed by atoms with Crippen LogP contribution in [0.15, 0.2) is 23.2 Å². The van der Waals surface area contributed by atoms with Crippen molar-refractivity contribution in [2.75, 3.05) is 12.4 Å². The third kappa shape index (κ3) is 1.93. The van der Waals surface area contributed by atoms with Crippen molar-refractivity contribution < 1.29 is 14.9 Å². The predicted octanol–water partition coefficient (Wildman–Crippen LogP) is 1.58. The Kier molecular flexibility index (Phi) is 2.41. The first-order valence-electron chi connectivity index (χ1n) is 5.81. The SMILES string of the molecule is Oc1ccc2nc(C3=NC(C4(O)CO4)CS3)sc2c1. The van der Waals surface area contributed by atoms with E-state index in [1.54, 1.807) is 30.0 Å². The number of aromatic hydroxyl groups is 1. The van der Waals surface area contributed by atoms with E-state index in [1.165, 1.54) is 11.3 Å². The van der Waals surface area contributed by atoms with E-state index < -0.39 is 5.79 Å². The molecule has 2 atom stereocenters. The minimum absolute atomic E-state index is 0.201. The summed E-state index contributed by atoms with van der Waals surface area (Å²) in [5.74, 6) is -0.0984. The lowest BCUT2D eigenvalue weighted by Crippen LogP contribution is -2.27. The van der Waals surface area contributed by atoms with Crippen LogP contribution >= 0.6 is 23.1 Å². The fourth-order valence-electron chi connectivity index (χ4n) is 1.99. The number of fused-ring (bicyclic) bond motifs is 1. The maximum Gasteiger partial charge on any atom is 0.213 e. The molecule has 0 bridgehead atoms. The molecule has 1 saturated heterocycles. The molecule has 7 heteroatoms. The Morgan fingerprint density at radius 3 is 3.05 bits per heavy atom. The summed E-state index contributed by atoms with van der Waals surface area (Å²) in [5.41, 5.74) is 0.853. The molecule has 2 unspecified atom stereocenters. The summed E-state index contributed by atoms with van der Waals surface area (Å²) in [6.07, 6.45) is 0. The van der Waals surface area contributed by atoms with Gasteiger partial charge >= 0.3 is 0 Å². The molecule has 19 heavy (non-hydrogen) atoms. The second kappa shape index (κ2) is 3.92. The van der Waals surface area contributed by atoms with Gasteiger partial charge in [0.05, 0.1) is 10.2 Å². The molecule has 2 aliphatic heterocycles. The number of aliphatic hydroxyl groups is 1. The highest BCUT2D eigenvalue weighted by Gasteiger charge is 2.52. The Hall–Kier alpha value is -1.15. The van der Waals surface area contributed by atoms with Crippen molar-refractivity contribution in [3.8, 4) is 5.75 Å². The van der Waals surface area contributed by atoms with Crippen LogP contribution in [0.1, 0.15) is 5.01 Å². The predicted molar refractivity (Wildman–Crippen MR) is 75.0 cm³/mol. The molecular formula is C12H10N2O3S2. The first-order chi connectivity index (χ1) is 9.14. The van der Waals surface area contributed by atoms with E-state index in [0.29, 0.717) is 12.4 Å². The topological polar surface area (TPSA) is 78.2 Å². The van der Waals surface area contributed by atoms with Gasteiger partial charge in [-0.25, -0.2) is 4.98 Å². The number of epoxide rings is 1. The number of hydrogen-bond donors (Lipinski definition) is 2. The average Bonchev–Trinajstić information content (AvgIpc) is 2.83. The molecule has 3 heterocycles. The van der Waals surface area contributed by atoms with Crippen LogP contribution in [0.3, 0.4) is 0 Å². The third-order valence-electron chi connectivity index (χ3n) is 3.17. The van der Waals surface area contributed by atoms with Crippen molar-refractivity contribution in [2.24, 2.45) is 4.99 Å². The number of benzene rings is 1. The van der Waals surface area contributed by atoms with Gasteiger partial charge in [-0.1, -0.05) is 0 Å². The van der Waals surface area contributed by atoms with Gasteiger partial charge in [0.15, 0.2) is 0 Å². The van der Waals surface area contributed by atoms with Crippen LogP contribution in [0.5, 0.6) is 5.75 Å². The lowest BCUT2D eigenvalue weighted by molar-refractivity contribution is 0.0207. The largest absolute Gasteiger partial charge is 0.508 e. The van der Waals surface area contributed by atoms with Gasteiger partial charge in [-0.3, -0.25) is 4.99 Å². The van der Waals surface area contributed by atoms with Crippen molar-refractivity contribution in [3.05, 3.63) is 23.2 Å². The molecule has 5 nitrogen and oxygen atoms in total. The number of hydrogen-bond acceptors (Lipinski definition) is 7. The van der Waals surface area contributed by atoms with E-state index in [2.05, 4.69) is 9.98 Å². The Morgan fingerprint density at radius 2 is 2.26 bits per heavy atom. The molecule has 1 fully saturated rings. The molecule has 1 aromatic heterocycles. The normalized spacial score (nSPS) is 29.7. The third-order valence-corrected chi connectivity index (χ3v) is 5.38. The number of ether oxygens (including phenoxy) is 1. The van der Waals surface area contributed by atoms with Gasteiger partial charge in [0.2, 0.25) is 5.79 Å². The van der Waals surface area contributed by atoms with E-state index in [1.807, 2.05) is 0 Å². The summed E-state index contributed by atoms with van der Waals surface area (Å²) >= 11 is 3.08. The van der Waals surface area contributed by atoms with Gasteiger partial charge in [-0.2, -0.15) is 0 Å². The van der Waals surface area contributed by atoms with Crippen molar-refractivity contribution in [1.29, 1.82) is 0 Å². The average molecular weight is 294 g/mol. The highest BCUT2D eigenvalue weighted by Crippen LogP contribution is 2.38. The lowest BCUT2D eigenvalue weighted by atomic mass is 10.2. The van der Waals surface area contributed by atoms with E-state index in [-0.39, 0.29) is 11.8 Å². The summed E-state index contributed by atoms with van der Waals surface area (Å²) in [7, 11) is 0. The van der Waals surface area contributed by atoms with Crippen molar-refractivity contribution in [3.63, 3.8) is 0 Å². The summed E-state index contributed by atoms with van der Waals surface area (Å²) in [6, 6.07) is 4.91. The van der Waals surface area contributed by atoms with E-state index in [9.17, 15) is 10.2 Å². The Balaban J connectivity index is 1.71. The number of phenols is 1. The monoisotopic (exact) mass is 294 g/mol. The van der Waals surface area contributed by atoms with Gasteiger partial charge < -0.3 is 14.9 Å². The molecule has 2 aliphatic rings. The first-order valence-corrected chi connectivity index (χ1v) is 7.61. The van der Waals surface area contributed by atoms with Crippen LogP contribution < -0.4 is 0 Å². The molecular weight excluding hydrogens is 284 g/mol. The Morgan fingerprint density at radius 1 is 1.42 bits per heavy atom. The smallest absolute Gasteiger partial charge is 0.213 e. The van der Waals surface area contributed by atoms with E-state index in [4.69, 9.17) is 4.74 Å².